The summed E-state index contributed by atoms with van der Waals surface area (Å²) in [5, 5.41) is 10.2. The van der Waals surface area contributed by atoms with Crippen molar-refractivity contribution in [1.82, 2.24) is 20.5 Å². The molecule has 176 valence electrons. The Morgan fingerprint density at radius 2 is 1.88 bits per heavy atom. The Balaban J connectivity index is 1.42. The zero-order chi connectivity index (χ0) is 24.1. The van der Waals surface area contributed by atoms with E-state index < -0.39 is 9.84 Å². The van der Waals surface area contributed by atoms with E-state index in [-0.39, 0.29) is 22.2 Å². The number of nitrogens with one attached hydrogen (secondary N) is 2. The van der Waals surface area contributed by atoms with E-state index in [1.807, 2.05) is 0 Å². The van der Waals surface area contributed by atoms with Crippen LogP contribution in [0.1, 0.15) is 41.3 Å². The lowest BCUT2D eigenvalue weighted by Crippen LogP contribution is -2.22. The number of unbranched alkanes of at least 4 members (excludes halogenated alkanes) is 1. The molecule has 0 bridgehead atoms. The van der Waals surface area contributed by atoms with Gasteiger partial charge in [0, 0.05) is 18.1 Å². The number of carbonyl (C=O) groups excluding carboxylic acids is 1. The molecule has 0 fully saturated rings. The van der Waals surface area contributed by atoms with Gasteiger partial charge in [-0.05, 0) is 60.9 Å². The lowest BCUT2D eigenvalue weighted by atomic mass is 10.2. The zero-order valence-corrected chi connectivity index (χ0v) is 19.9. The van der Waals surface area contributed by atoms with Gasteiger partial charge in [0.2, 0.25) is 9.84 Å². The third kappa shape index (κ3) is 5.09. The van der Waals surface area contributed by atoms with Gasteiger partial charge >= 0.3 is 0 Å². The number of fused-ring (bicyclic) bond motifs is 1. The van der Waals surface area contributed by atoms with Crippen LogP contribution < -0.4 is 10.1 Å². The molecular formula is C25H26N4O4S. The molecule has 2 heterocycles. The average molecular weight is 479 g/mol. The summed E-state index contributed by atoms with van der Waals surface area (Å²) >= 11 is 0. The van der Waals surface area contributed by atoms with Crippen LogP contribution in [0.3, 0.4) is 0 Å². The molecule has 0 spiro atoms. The summed E-state index contributed by atoms with van der Waals surface area (Å²) in [6.45, 7) is 4.71. The summed E-state index contributed by atoms with van der Waals surface area (Å²) in [6, 6.07) is 13.2. The Labute approximate surface area is 198 Å². The largest absolute Gasteiger partial charge is 0.494 e. The van der Waals surface area contributed by atoms with Crippen LogP contribution in [-0.2, 0) is 16.4 Å². The predicted molar refractivity (Wildman–Crippen MR) is 129 cm³/mol. The van der Waals surface area contributed by atoms with Crippen molar-refractivity contribution in [3.05, 3.63) is 77.6 Å². The third-order valence-corrected chi connectivity index (χ3v) is 7.37. The van der Waals surface area contributed by atoms with Gasteiger partial charge in [0.05, 0.1) is 28.2 Å². The summed E-state index contributed by atoms with van der Waals surface area (Å²) < 4.78 is 32.0. The van der Waals surface area contributed by atoms with Gasteiger partial charge in [-0.2, -0.15) is 5.10 Å². The van der Waals surface area contributed by atoms with Crippen LogP contribution in [0.5, 0.6) is 5.75 Å². The lowest BCUT2D eigenvalue weighted by molar-refractivity contribution is 0.0950. The highest BCUT2D eigenvalue weighted by molar-refractivity contribution is 7.91. The molecule has 2 aromatic heterocycles. The first-order chi connectivity index (χ1) is 16.4. The Kier molecular flexibility index (Phi) is 6.93. The first-order valence-electron chi connectivity index (χ1n) is 11.0. The summed E-state index contributed by atoms with van der Waals surface area (Å²) in [6.07, 6.45) is 5.06. The number of ether oxygens (including phenoxy) is 1. The monoisotopic (exact) mass is 478 g/mol. The molecule has 0 aliphatic rings. The number of hydrogen-bond acceptors (Lipinski definition) is 6. The summed E-state index contributed by atoms with van der Waals surface area (Å²) in [4.78, 5) is 17.1. The minimum atomic E-state index is -3.68. The third-order valence-electron chi connectivity index (χ3n) is 5.44. The second-order valence-corrected chi connectivity index (χ2v) is 9.91. The molecule has 4 aromatic rings. The summed E-state index contributed by atoms with van der Waals surface area (Å²) in [7, 11) is -3.68. The zero-order valence-electron chi connectivity index (χ0n) is 19.0. The van der Waals surface area contributed by atoms with E-state index in [2.05, 4.69) is 27.4 Å². The Bertz CT molecular complexity index is 1410. The van der Waals surface area contributed by atoms with Crippen molar-refractivity contribution >= 4 is 26.8 Å². The molecule has 0 aliphatic carbocycles. The second kappa shape index (κ2) is 10.0. The molecule has 9 heteroatoms. The van der Waals surface area contributed by atoms with Gasteiger partial charge in [0.15, 0.2) is 5.65 Å². The van der Waals surface area contributed by atoms with Crippen LogP contribution in [-0.4, -0.2) is 36.1 Å². The van der Waals surface area contributed by atoms with Crippen LogP contribution in [0.15, 0.2) is 70.7 Å². The van der Waals surface area contributed by atoms with Gasteiger partial charge in [-0.3, -0.25) is 9.89 Å². The molecule has 8 nitrogen and oxygen atoms in total. The van der Waals surface area contributed by atoms with E-state index in [4.69, 9.17) is 4.74 Å². The predicted octanol–water partition coefficient (Wildman–Crippen LogP) is 4.21. The number of sulfone groups is 1. The van der Waals surface area contributed by atoms with Gasteiger partial charge in [0.25, 0.3) is 5.91 Å². The fourth-order valence-electron chi connectivity index (χ4n) is 3.51. The molecule has 0 saturated carbocycles. The van der Waals surface area contributed by atoms with Crippen molar-refractivity contribution in [3.63, 3.8) is 0 Å². The van der Waals surface area contributed by atoms with E-state index >= 15 is 0 Å². The number of aryl methyl sites for hydroxylation is 1. The first kappa shape index (κ1) is 23.4. The molecule has 0 atom stereocenters. The minimum absolute atomic E-state index is 0.194. The second-order valence-electron chi connectivity index (χ2n) is 7.99. The molecule has 1 amide bonds. The maximum atomic E-state index is 13.1. The van der Waals surface area contributed by atoms with Crippen LogP contribution in [0, 0.1) is 6.92 Å². The maximum absolute atomic E-state index is 13.1. The molecule has 0 radical (unpaired) electrons. The van der Waals surface area contributed by atoms with E-state index in [0.717, 1.165) is 23.8 Å². The van der Waals surface area contributed by atoms with Gasteiger partial charge in [0.1, 0.15) is 5.75 Å². The minimum Gasteiger partial charge on any atom is -0.494 e. The number of aromatic nitrogens is 3. The number of nitrogens with zero attached hydrogens (tertiary/aromatic N) is 2. The van der Waals surface area contributed by atoms with E-state index in [9.17, 15) is 13.2 Å². The summed E-state index contributed by atoms with van der Waals surface area (Å²) in [5.41, 5.74) is 2.45. The van der Waals surface area contributed by atoms with Crippen molar-refractivity contribution in [2.75, 3.05) is 6.61 Å². The van der Waals surface area contributed by atoms with Gasteiger partial charge in [-0.15, -0.1) is 0 Å². The fourth-order valence-corrected chi connectivity index (χ4v) is 4.98. The number of hydrogen-bond donors (Lipinski definition) is 2. The van der Waals surface area contributed by atoms with E-state index in [1.54, 1.807) is 61.7 Å². The SMILES string of the molecule is CCCCOc1ccc(S(=O)(=O)c2ccc(CNC(=O)c3cnc4[nH]ncc4c3)cc2)c(C)c1. The highest BCUT2D eigenvalue weighted by Crippen LogP contribution is 2.27. The van der Waals surface area contributed by atoms with Gasteiger partial charge in [-0.25, -0.2) is 13.4 Å². The molecular weight excluding hydrogens is 452 g/mol. The molecule has 2 N–H and O–H groups in total. The topological polar surface area (TPSA) is 114 Å². The maximum Gasteiger partial charge on any atom is 0.253 e. The van der Waals surface area contributed by atoms with Crippen LogP contribution >= 0.6 is 0 Å². The quantitative estimate of drug-likeness (QED) is 0.348. The fraction of sp³-hybridized carbons (Fsp3) is 0.240. The highest BCUT2D eigenvalue weighted by Gasteiger charge is 2.20. The Hall–Kier alpha value is -3.72. The molecule has 0 saturated heterocycles. The van der Waals surface area contributed by atoms with E-state index in [0.29, 0.717) is 29.1 Å². The molecule has 0 unspecified atom stereocenters. The normalized spacial score (nSPS) is 11.5. The molecule has 0 aliphatic heterocycles. The Morgan fingerprint density at radius 3 is 2.62 bits per heavy atom. The van der Waals surface area contributed by atoms with Crippen molar-refractivity contribution in [2.45, 2.75) is 43.0 Å². The van der Waals surface area contributed by atoms with Crippen molar-refractivity contribution < 1.29 is 17.9 Å². The number of pyridine rings is 1. The van der Waals surface area contributed by atoms with Gasteiger partial charge < -0.3 is 10.1 Å². The van der Waals surface area contributed by atoms with Crippen LogP contribution in [0.2, 0.25) is 0 Å². The van der Waals surface area contributed by atoms with Crippen molar-refractivity contribution in [3.8, 4) is 5.75 Å². The smallest absolute Gasteiger partial charge is 0.253 e. The highest BCUT2D eigenvalue weighted by atomic mass is 32.2. The number of aromatic amines is 1. The standard InChI is InChI=1S/C25H26N4O4S/c1-3-4-11-33-21-7-10-23(17(2)12-21)34(31,32)22-8-5-18(6-9-22)14-27-25(30)20-13-19-16-28-29-24(19)26-15-20/h5-10,12-13,15-16H,3-4,11,14H2,1-2H3,(H,27,30)(H,26,28,29). The molecule has 4 rings (SSSR count). The first-order valence-corrected chi connectivity index (χ1v) is 12.5. The molecule has 2 aromatic carbocycles. The number of rotatable bonds is 9. The van der Waals surface area contributed by atoms with Crippen molar-refractivity contribution in [2.24, 2.45) is 0 Å². The number of amides is 1. The van der Waals surface area contributed by atoms with Crippen LogP contribution in [0.4, 0.5) is 0 Å². The van der Waals surface area contributed by atoms with Crippen molar-refractivity contribution in [1.29, 1.82) is 0 Å². The number of carbonyl (C=O) groups is 1. The van der Waals surface area contributed by atoms with Crippen LogP contribution in [0.25, 0.3) is 11.0 Å². The lowest BCUT2D eigenvalue weighted by Gasteiger charge is -2.12. The number of benzene rings is 2. The Morgan fingerprint density at radius 1 is 1.09 bits per heavy atom. The van der Waals surface area contributed by atoms with E-state index in [1.165, 1.54) is 6.20 Å². The average Bonchev–Trinajstić information content (AvgIpc) is 3.31. The van der Waals surface area contributed by atoms with Gasteiger partial charge in [-0.1, -0.05) is 25.5 Å². The summed E-state index contributed by atoms with van der Waals surface area (Å²) in [5.74, 6) is 0.391. The number of H-pyrrole nitrogens is 1. The molecule has 34 heavy (non-hydrogen) atoms.